The zero-order valence-corrected chi connectivity index (χ0v) is 14.5. The molecule has 2 rings (SSSR count). The predicted molar refractivity (Wildman–Crippen MR) is 87.6 cm³/mol. The molecule has 0 aromatic heterocycles. The van der Waals surface area contributed by atoms with Gasteiger partial charge in [-0.3, -0.25) is 4.79 Å². The van der Waals surface area contributed by atoms with Crippen molar-refractivity contribution in [2.24, 2.45) is 0 Å². The molecule has 1 amide bonds. The third kappa shape index (κ3) is 3.81. The largest absolute Gasteiger partial charge is 0.353 e. The molecular weight excluding hydrogens is 302 g/mol. The number of piperidine rings is 1. The number of carbonyl (C=O) groups excluding carboxylic acids is 1. The lowest BCUT2D eigenvalue weighted by molar-refractivity contribution is -0.124. The molecule has 2 fully saturated rings. The van der Waals surface area contributed by atoms with Gasteiger partial charge in [0.25, 0.3) is 0 Å². The summed E-state index contributed by atoms with van der Waals surface area (Å²) in [6.07, 6.45) is 6.92. The van der Waals surface area contributed by atoms with E-state index in [0.29, 0.717) is 38.5 Å². The monoisotopic (exact) mass is 331 g/mol. The molecular formula is C15H29N3O3S. The van der Waals surface area contributed by atoms with Gasteiger partial charge < -0.3 is 15.5 Å². The van der Waals surface area contributed by atoms with Crippen molar-refractivity contribution in [3.63, 3.8) is 0 Å². The van der Waals surface area contributed by atoms with E-state index < -0.39 is 14.6 Å². The number of hydrogen-bond donors (Lipinski definition) is 2. The normalized spacial score (nSPS) is 22.9. The molecule has 1 aliphatic carbocycles. The maximum absolute atomic E-state index is 12.5. The summed E-state index contributed by atoms with van der Waals surface area (Å²) in [7, 11) is -1.34. The highest BCUT2D eigenvalue weighted by atomic mass is 32.2. The van der Waals surface area contributed by atoms with Gasteiger partial charge in [0.2, 0.25) is 5.91 Å². The van der Waals surface area contributed by atoms with Crippen molar-refractivity contribution < 1.29 is 13.2 Å². The van der Waals surface area contributed by atoms with Gasteiger partial charge >= 0.3 is 0 Å². The van der Waals surface area contributed by atoms with Crippen molar-refractivity contribution in [3.05, 3.63) is 0 Å². The standard InChI is InChI=1S/C15H29N3O3S/c1-18(13-5-3-4-6-13)12-11-17-14(19)15(22(2,20)21)7-9-16-10-8-15/h13,16H,3-12H2,1-2H3,(H,17,19). The molecule has 22 heavy (non-hydrogen) atoms. The van der Waals surface area contributed by atoms with Crippen LogP contribution in [0.2, 0.25) is 0 Å². The maximum atomic E-state index is 12.5. The van der Waals surface area contributed by atoms with Gasteiger partial charge in [0, 0.05) is 25.4 Å². The van der Waals surface area contributed by atoms with Crippen LogP contribution >= 0.6 is 0 Å². The molecule has 0 aromatic rings. The van der Waals surface area contributed by atoms with Crippen molar-refractivity contribution in [1.29, 1.82) is 0 Å². The van der Waals surface area contributed by atoms with E-state index in [1.54, 1.807) is 0 Å². The zero-order valence-electron chi connectivity index (χ0n) is 13.7. The van der Waals surface area contributed by atoms with E-state index >= 15 is 0 Å². The summed E-state index contributed by atoms with van der Waals surface area (Å²) in [5.41, 5.74) is 0. The highest BCUT2D eigenvalue weighted by Gasteiger charge is 2.48. The van der Waals surface area contributed by atoms with Crippen LogP contribution in [0.15, 0.2) is 0 Å². The summed E-state index contributed by atoms with van der Waals surface area (Å²) in [4.78, 5) is 14.8. The second kappa shape index (κ2) is 7.27. The van der Waals surface area contributed by atoms with Gasteiger partial charge in [0.15, 0.2) is 14.6 Å². The van der Waals surface area contributed by atoms with Crippen LogP contribution in [0.1, 0.15) is 38.5 Å². The number of nitrogens with one attached hydrogen (secondary N) is 2. The number of carbonyl (C=O) groups is 1. The first-order valence-electron chi connectivity index (χ1n) is 8.26. The van der Waals surface area contributed by atoms with Crippen molar-refractivity contribution in [3.8, 4) is 0 Å². The summed E-state index contributed by atoms with van der Waals surface area (Å²) in [5.74, 6) is -0.323. The number of sulfone groups is 1. The average molecular weight is 331 g/mol. The Morgan fingerprint density at radius 3 is 2.41 bits per heavy atom. The van der Waals surface area contributed by atoms with E-state index in [0.717, 1.165) is 6.54 Å². The number of hydrogen-bond acceptors (Lipinski definition) is 5. The Morgan fingerprint density at radius 2 is 1.86 bits per heavy atom. The van der Waals surface area contributed by atoms with Crippen LogP contribution < -0.4 is 10.6 Å². The summed E-state index contributed by atoms with van der Waals surface area (Å²) in [6.45, 7) is 2.43. The summed E-state index contributed by atoms with van der Waals surface area (Å²) in [5, 5.41) is 5.99. The molecule has 1 saturated carbocycles. The topological polar surface area (TPSA) is 78.5 Å². The first-order chi connectivity index (χ1) is 10.4. The van der Waals surface area contributed by atoms with E-state index in [4.69, 9.17) is 0 Å². The second-order valence-electron chi connectivity index (χ2n) is 6.69. The number of nitrogens with zero attached hydrogens (tertiary/aromatic N) is 1. The van der Waals surface area contributed by atoms with Crippen molar-refractivity contribution in [1.82, 2.24) is 15.5 Å². The molecule has 0 atom stereocenters. The molecule has 2 aliphatic rings. The molecule has 1 aliphatic heterocycles. The van der Waals surface area contributed by atoms with Crippen LogP contribution in [0.5, 0.6) is 0 Å². The molecule has 2 N–H and O–H groups in total. The Balaban J connectivity index is 1.89. The number of rotatable bonds is 6. The fraction of sp³-hybridized carbons (Fsp3) is 0.933. The maximum Gasteiger partial charge on any atom is 0.241 e. The third-order valence-corrected chi connectivity index (χ3v) is 7.25. The van der Waals surface area contributed by atoms with Gasteiger partial charge in [-0.15, -0.1) is 0 Å². The lowest BCUT2D eigenvalue weighted by Gasteiger charge is -2.34. The van der Waals surface area contributed by atoms with Crippen molar-refractivity contribution >= 4 is 15.7 Å². The summed E-state index contributed by atoms with van der Waals surface area (Å²) in [6, 6.07) is 0.611. The fourth-order valence-corrected chi connectivity index (χ4v) is 4.99. The van der Waals surface area contributed by atoms with E-state index in [1.165, 1.54) is 31.9 Å². The Hall–Kier alpha value is -0.660. The Morgan fingerprint density at radius 1 is 1.27 bits per heavy atom. The molecule has 7 heteroatoms. The highest BCUT2D eigenvalue weighted by molar-refractivity contribution is 7.92. The van der Waals surface area contributed by atoms with E-state index in [1.807, 2.05) is 0 Å². The Kier molecular flexibility index (Phi) is 5.85. The molecule has 1 saturated heterocycles. The van der Waals surface area contributed by atoms with Crippen LogP contribution in [0, 0.1) is 0 Å². The van der Waals surface area contributed by atoms with Gasteiger partial charge in [-0.05, 0) is 45.8 Å². The molecule has 0 bridgehead atoms. The second-order valence-corrected chi connectivity index (χ2v) is 9.02. The Bertz CT molecular complexity index is 480. The summed E-state index contributed by atoms with van der Waals surface area (Å²) < 4.78 is 23.1. The van der Waals surface area contributed by atoms with Crippen molar-refractivity contribution in [2.45, 2.75) is 49.3 Å². The molecule has 0 radical (unpaired) electrons. The van der Waals surface area contributed by atoms with Crippen LogP contribution in [0.4, 0.5) is 0 Å². The molecule has 1 heterocycles. The minimum atomic E-state index is -3.42. The molecule has 6 nitrogen and oxygen atoms in total. The predicted octanol–water partition coefficient (Wildman–Crippen LogP) is 0.144. The van der Waals surface area contributed by atoms with E-state index in [2.05, 4.69) is 22.6 Å². The van der Waals surface area contributed by atoms with E-state index in [-0.39, 0.29) is 5.91 Å². The Labute approximate surface area is 133 Å². The SMILES string of the molecule is CN(CCNC(=O)C1(S(C)(=O)=O)CCNCC1)C1CCCC1. The minimum absolute atomic E-state index is 0.323. The first-order valence-corrected chi connectivity index (χ1v) is 10.1. The molecule has 0 spiro atoms. The molecule has 0 unspecified atom stereocenters. The number of amides is 1. The lowest BCUT2D eigenvalue weighted by Crippen LogP contribution is -2.57. The van der Waals surface area contributed by atoms with Crippen LogP contribution in [-0.4, -0.2) is 69.5 Å². The van der Waals surface area contributed by atoms with Gasteiger partial charge in [-0.1, -0.05) is 12.8 Å². The number of likely N-dealkylation sites (N-methyl/N-ethyl adjacent to an activating group) is 1. The lowest BCUT2D eigenvalue weighted by atomic mass is 9.96. The van der Waals surface area contributed by atoms with Gasteiger partial charge in [0.05, 0.1) is 0 Å². The van der Waals surface area contributed by atoms with Crippen LogP contribution in [-0.2, 0) is 14.6 Å². The van der Waals surface area contributed by atoms with Crippen LogP contribution in [0.3, 0.4) is 0 Å². The van der Waals surface area contributed by atoms with Crippen LogP contribution in [0.25, 0.3) is 0 Å². The fourth-order valence-electron chi connectivity index (χ4n) is 3.63. The summed E-state index contributed by atoms with van der Waals surface area (Å²) >= 11 is 0. The van der Waals surface area contributed by atoms with E-state index in [9.17, 15) is 13.2 Å². The first kappa shape index (κ1) is 17.7. The van der Waals surface area contributed by atoms with Gasteiger partial charge in [0.1, 0.15) is 0 Å². The molecule has 0 aromatic carbocycles. The smallest absolute Gasteiger partial charge is 0.241 e. The molecule has 128 valence electrons. The zero-order chi connectivity index (χ0) is 16.2. The third-order valence-electron chi connectivity index (χ3n) is 5.23. The van der Waals surface area contributed by atoms with Crippen molar-refractivity contribution in [2.75, 3.05) is 39.5 Å². The van der Waals surface area contributed by atoms with Gasteiger partial charge in [-0.25, -0.2) is 8.42 Å². The minimum Gasteiger partial charge on any atom is -0.353 e. The average Bonchev–Trinajstić information content (AvgIpc) is 3.01. The van der Waals surface area contributed by atoms with Gasteiger partial charge in [-0.2, -0.15) is 0 Å². The quantitative estimate of drug-likeness (QED) is 0.724. The highest BCUT2D eigenvalue weighted by Crippen LogP contribution is 2.28.